The van der Waals surface area contributed by atoms with Crippen molar-refractivity contribution in [1.29, 1.82) is 0 Å². The van der Waals surface area contributed by atoms with Crippen molar-refractivity contribution in [2.75, 3.05) is 45.2 Å². The fourth-order valence-electron chi connectivity index (χ4n) is 3.09. The van der Waals surface area contributed by atoms with Crippen LogP contribution in [0.4, 0.5) is 10.3 Å². The molecule has 1 aromatic heterocycles. The summed E-state index contributed by atoms with van der Waals surface area (Å²) in [5.74, 6) is 1.35. The fourth-order valence-corrected chi connectivity index (χ4v) is 3.09. The molecule has 144 valence electrons. The van der Waals surface area contributed by atoms with Crippen LogP contribution in [-0.2, 0) is 17.9 Å². The lowest BCUT2D eigenvalue weighted by Crippen LogP contribution is -2.52. The van der Waals surface area contributed by atoms with E-state index in [1.165, 1.54) is 6.07 Å². The molecule has 1 N–H and O–H groups in total. The summed E-state index contributed by atoms with van der Waals surface area (Å²) in [6.07, 6.45) is 3.52. The van der Waals surface area contributed by atoms with Gasteiger partial charge in [-0.3, -0.25) is 4.99 Å². The Bertz CT molecular complexity index is 762. The molecule has 1 saturated heterocycles. The SMILES string of the molecule is CN=C(NCc1ccc(F)c(COC)c1)N1CCN(c2ncccn2)CC1. The molecule has 3 rings (SSSR count). The van der Waals surface area contributed by atoms with E-state index in [0.717, 1.165) is 43.7 Å². The van der Waals surface area contributed by atoms with E-state index in [1.54, 1.807) is 32.6 Å². The standard InChI is InChI=1S/C19H25FN6O/c1-21-18(24-13-15-4-5-17(20)16(12-15)14-27-2)25-8-10-26(11-9-25)19-22-6-3-7-23-19/h3-7,12H,8-11,13-14H2,1-2H3,(H,21,24). The molecule has 0 spiro atoms. The van der Waals surface area contributed by atoms with Crippen LogP contribution in [0.3, 0.4) is 0 Å². The molecule has 1 aliphatic heterocycles. The van der Waals surface area contributed by atoms with Crippen LogP contribution in [0.1, 0.15) is 11.1 Å². The van der Waals surface area contributed by atoms with Crippen LogP contribution in [0.5, 0.6) is 0 Å². The van der Waals surface area contributed by atoms with Gasteiger partial charge in [-0.2, -0.15) is 0 Å². The van der Waals surface area contributed by atoms with Gasteiger partial charge in [0.1, 0.15) is 5.82 Å². The molecule has 2 aromatic rings. The normalized spacial score (nSPS) is 15.1. The van der Waals surface area contributed by atoms with Crippen molar-refractivity contribution in [3.05, 3.63) is 53.6 Å². The van der Waals surface area contributed by atoms with Gasteiger partial charge in [0.15, 0.2) is 5.96 Å². The van der Waals surface area contributed by atoms with Gasteiger partial charge in [0.2, 0.25) is 5.95 Å². The second kappa shape index (κ2) is 9.27. The van der Waals surface area contributed by atoms with E-state index >= 15 is 0 Å². The lowest BCUT2D eigenvalue weighted by atomic mass is 10.1. The third kappa shape index (κ3) is 4.91. The third-order valence-electron chi connectivity index (χ3n) is 4.49. The number of hydrogen-bond donors (Lipinski definition) is 1. The van der Waals surface area contributed by atoms with Crippen LogP contribution in [0.25, 0.3) is 0 Å². The zero-order chi connectivity index (χ0) is 19.1. The summed E-state index contributed by atoms with van der Waals surface area (Å²) in [6.45, 7) is 4.16. The van der Waals surface area contributed by atoms with Crippen LogP contribution < -0.4 is 10.2 Å². The number of hydrogen-bond acceptors (Lipinski definition) is 5. The molecule has 0 amide bonds. The summed E-state index contributed by atoms with van der Waals surface area (Å²) in [6, 6.07) is 6.90. The van der Waals surface area contributed by atoms with Crippen LogP contribution >= 0.6 is 0 Å². The Morgan fingerprint density at radius 2 is 1.96 bits per heavy atom. The second-order valence-electron chi connectivity index (χ2n) is 6.28. The summed E-state index contributed by atoms with van der Waals surface area (Å²) < 4.78 is 18.8. The number of ether oxygens (including phenoxy) is 1. The van der Waals surface area contributed by atoms with E-state index < -0.39 is 0 Å². The molecule has 1 aliphatic rings. The average Bonchev–Trinajstić information content (AvgIpc) is 2.72. The number of aliphatic imine (C=N–C) groups is 1. The third-order valence-corrected chi connectivity index (χ3v) is 4.49. The number of nitrogens with one attached hydrogen (secondary N) is 1. The van der Waals surface area contributed by atoms with E-state index in [1.807, 2.05) is 12.1 Å². The molecule has 1 fully saturated rings. The van der Waals surface area contributed by atoms with E-state index in [0.29, 0.717) is 12.1 Å². The van der Waals surface area contributed by atoms with Gasteiger partial charge in [0, 0.05) is 64.8 Å². The van der Waals surface area contributed by atoms with Crippen molar-refractivity contribution in [2.45, 2.75) is 13.2 Å². The number of benzene rings is 1. The topological polar surface area (TPSA) is 65.9 Å². The van der Waals surface area contributed by atoms with Crippen molar-refractivity contribution in [2.24, 2.45) is 4.99 Å². The summed E-state index contributed by atoms with van der Waals surface area (Å²) >= 11 is 0. The van der Waals surface area contributed by atoms with Gasteiger partial charge in [-0.05, 0) is 23.8 Å². The number of aromatic nitrogens is 2. The van der Waals surface area contributed by atoms with Crippen LogP contribution in [-0.4, -0.2) is 61.2 Å². The Hall–Kier alpha value is -2.74. The highest BCUT2D eigenvalue weighted by Crippen LogP contribution is 2.13. The molecular weight excluding hydrogens is 347 g/mol. The predicted molar refractivity (Wildman–Crippen MR) is 103 cm³/mol. The first-order valence-electron chi connectivity index (χ1n) is 8.95. The minimum absolute atomic E-state index is 0.246. The second-order valence-corrected chi connectivity index (χ2v) is 6.28. The number of guanidine groups is 1. The smallest absolute Gasteiger partial charge is 0.225 e. The number of nitrogens with zero attached hydrogens (tertiary/aromatic N) is 5. The van der Waals surface area contributed by atoms with Crippen molar-refractivity contribution in [3.63, 3.8) is 0 Å². The first kappa shape index (κ1) is 19.0. The number of piperazine rings is 1. The summed E-state index contributed by atoms with van der Waals surface area (Å²) in [5.41, 5.74) is 1.55. The highest BCUT2D eigenvalue weighted by molar-refractivity contribution is 5.80. The predicted octanol–water partition coefficient (Wildman–Crippen LogP) is 1.66. The molecule has 2 heterocycles. The van der Waals surface area contributed by atoms with Gasteiger partial charge < -0.3 is 19.9 Å². The highest BCUT2D eigenvalue weighted by atomic mass is 19.1. The molecular formula is C19H25FN6O. The average molecular weight is 372 g/mol. The lowest BCUT2D eigenvalue weighted by Gasteiger charge is -2.36. The Morgan fingerprint density at radius 1 is 1.22 bits per heavy atom. The molecule has 0 unspecified atom stereocenters. The van der Waals surface area contributed by atoms with Gasteiger partial charge in [0.05, 0.1) is 6.61 Å². The van der Waals surface area contributed by atoms with Crippen molar-refractivity contribution < 1.29 is 9.13 Å². The van der Waals surface area contributed by atoms with Gasteiger partial charge in [0.25, 0.3) is 0 Å². The number of rotatable bonds is 5. The highest BCUT2D eigenvalue weighted by Gasteiger charge is 2.21. The first-order valence-corrected chi connectivity index (χ1v) is 8.95. The van der Waals surface area contributed by atoms with Crippen molar-refractivity contribution >= 4 is 11.9 Å². The molecule has 0 bridgehead atoms. The van der Waals surface area contributed by atoms with Crippen molar-refractivity contribution in [3.8, 4) is 0 Å². The molecule has 8 heteroatoms. The zero-order valence-corrected chi connectivity index (χ0v) is 15.7. The van der Waals surface area contributed by atoms with E-state index in [4.69, 9.17) is 4.74 Å². The molecule has 0 saturated carbocycles. The Kier molecular flexibility index (Phi) is 6.54. The monoisotopic (exact) mass is 372 g/mol. The van der Waals surface area contributed by atoms with E-state index in [-0.39, 0.29) is 12.4 Å². The maximum Gasteiger partial charge on any atom is 0.225 e. The minimum atomic E-state index is -0.246. The summed E-state index contributed by atoms with van der Waals surface area (Å²) in [7, 11) is 3.34. The number of methoxy groups -OCH3 is 1. The number of anilines is 1. The molecule has 0 radical (unpaired) electrons. The maximum atomic E-state index is 13.7. The molecule has 27 heavy (non-hydrogen) atoms. The minimum Gasteiger partial charge on any atom is -0.380 e. The lowest BCUT2D eigenvalue weighted by molar-refractivity contribution is 0.181. The first-order chi connectivity index (χ1) is 13.2. The zero-order valence-electron chi connectivity index (χ0n) is 15.7. The molecule has 1 aromatic carbocycles. The van der Waals surface area contributed by atoms with Crippen LogP contribution in [0.2, 0.25) is 0 Å². The van der Waals surface area contributed by atoms with E-state index in [9.17, 15) is 4.39 Å². The van der Waals surface area contributed by atoms with Crippen molar-refractivity contribution in [1.82, 2.24) is 20.2 Å². The van der Waals surface area contributed by atoms with Gasteiger partial charge in [-0.15, -0.1) is 0 Å². The van der Waals surface area contributed by atoms with Gasteiger partial charge in [-0.25, -0.2) is 14.4 Å². The largest absolute Gasteiger partial charge is 0.380 e. The Balaban J connectivity index is 1.55. The molecule has 0 aliphatic carbocycles. The molecule has 7 nitrogen and oxygen atoms in total. The number of halogens is 1. The van der Waals surface area contributed by atoms with Gasteiger partial charge >= 0.3 is 0 Å². The quantitative estimate of drug-likeness (QED) is 0.636. The summed E-state index contributed by atoms with van der Waals surface area (Å²) in [5, 5.41) is 3.36. The van der Waals surface area contributed by atoms with Crippen LogP contribution in [0, 0.1) is 5.82 Å². The Morgan fingerprint density at radius 3 is 2.63 bits per heavy atom. The summed E-state index contributed by atoms with van der Waals surface area (Å²) in [4.78, 5) is 17.4. The maximum absolute atomic E-state index is 13.7. The van der Waals surface area contributed by atoms with E-state index in [2.05, 4.69) is 30.1 Å². The van der Waals surface area contributed by atoms with Gasteiger partial charge in [-0.1, -0.05) is 6.07 Å². The van der Waals surface area contributed by atoms with Crippen LogP contribution in [0.15, 0.2) is 41.7 Å². The molecule has 0 atom stereocenters. The fraction of sp³-hybridized carbons (Fsp3) is 0.421. The Labute approximate surface area is 158 Å².